The molecule has 6 rings (SSSR count). The van der Waals surface area contributed by atoms with E-state index >= 15 is 0 Å². The van der Waals surface area contributed by atoms with Crippen LogP contribution in [0.2, 0.25) is 0 Å². The van der Waals surface area contributed by atoms with Crippen LogP contribution in [0.1, 0.15) is 22.3 Å². The van der Waals surface area contributed by atoms with E-state index in [0.29, 0.717) is 28.2 Å². The summed E-state index contributed by atoms with van der Waals surface area (Å²) in [6.07, 6.45) is 7.78. The lowest BCUT2D eigenvalue weighted by atomic mass is 10.1. The number of fused-ring (bicyclic) bond motifs is 2. The van der Waals surface area contributed by atoms with Crippen LogP contribution in [0.25, 0.3) is 16.9 Å². The van der Waals surface area contributed by atoms with Crippen molar-refractivity contribution < 1.29 is 4.79 Å². The van der Waals surface area contributed by atoms with E-state index in [2.05, 4.69) is 30.1 Å². The topological polar surface area (TPSA) is 105 Å². The molecule has 2 fully saturated rings. The Hall–Kier alpha value is -3.27. The third-order valence-electron chi connectivity index (χ3n) is 6.12. The van der Waals surface area contributed by atoms with Crippen LogP contribution in [-0.4, -0.2) is 64.1 Å². The lowest BCUT2D eigenvalue weighted by Gasteiger charge is -2.28. The molecule has 156 valence electrons. The lowest BCUT2D eigenvalue weighted by molar-refractivity contribution is 0.0722. The second-order valence-corrected chi connectivity index (χ2v) is 9.11. The number of carbonyl (C=O) groups excluding carboxylic acids is 1. The predicted octanol–water partition coefficient (Wildman–Crippen LogP) is 2.49. The predicted molar refractivity (Wildman–Crippen MR) is 115 cm³/mol. The number of aromatic nitrogens is 7. The first-order valence-electron chi connectivity index (χ1n) is 10.2. The number of aryl methyl sites for hydroxylation is 1. The van der Waals surface area contributed by atoms with E-state index < -0.39 is 0 Å². The number of likely N-dealkylation sites (tertiary alicyclic amines) is 1. The number of hydrogen-bond acceptors (Lipinski definition) is 7. The summed E-state index contributed by atoms with van der Waals surface area (Å²) in [7, 11) is 0. The van der Waals surface area contributed by atoms with E-state index in [1.165, 1.54) is 11.2 Å². The number of rotatable bonds is 5. The van der Waals surface area contributed by atoms with E-state index in [9.17, 15) is 4.79 Å². The average molecular weight is 433 g/mol. The van der Waals surface area contributed by atoms with Crippen LogP contribution in [0.5, 0.6) is 0 Å². The van der Waals surface area contributed by atoms with Gasteiger partial charge in [-0.05, 0) is 37.3 Å². The molecule has 3 unspecified atom stereocenters. The molecule has 1 saturated heterocycles. The van der Waals surface area contributed by atoms with Crippen molar-refractivity contribution in [2.75, 3.05) is 12.3 Å². The van der Waals surface area contributed by atoms with Crippen molar-refractivity contribution in [1.82, 2.24) is 39.8 Å². The highest BCUT2D eigenvalue weighted by Crippen LogP contribution is 2.51. The Balaban J connectivity index is 1.26. The Bertz CT molecular complexity index is 1270. The minimum Gasteiger partial charge on any atom is -0.334 e. The molecule has 4 heterocycles. The highest BCUT2D eigenvalue weighted by molar-refractivity contribution is 7.99. The van der Waals surface area contributed by atoms with Crippen molar-refractivity contribution in [2.45, 2.75) is 24.5 Å². The summed E-state index contributed by atoms with van der Waals surface area (Å²) in [6.45, 7) is 2.80. The van der Waals surface area contributed by atoms with Crippen LogP contribution in [0, 0.1) is 18.8 Å². The second kappa shape index (κ2) is 7.16. The molecule has 1 aliphatic heterocycles. The van der Waals surface area contributed by atoms with Crippen LogP contribution < -0.4 is 0 Å². The first-order valence-corrected chi connectivity index (χ1v) is 11.2. The normalized spacial score (nSPS) is 22.1. The monoisotopic (exact) mass is 432 g/mol. The molecule has 2 aliphatic rings. The van der Waals surface area contributed by atoms with E-state index in [1.807, 2.05) is 30.0 Å². The summed E-state index contributed by atoms with van der Waals surface area (Å²) in [5.74, 6) is 1.97. The number of piperidine rings is 1. The zero-order valence-corrected chi connectivity index (χ0v) is 17.7. The van der Waals surface area contributed by atoms with Crippen LogP contribution in [0.3, 0.4) is 0 Å². The third-order valence-corrected chi connectivity index (χ3v) is 7.08. The van der Waals surface area contributed by atoms with Gasteiger partial charge in [-0.25, -0.2) is 15.0 Å². The van der Waals surface area contributed by atoms with Crippen LogP contribution in [-0.2, 0) is 0 Å². The molecular formula is C21H20N8OS. The standard InChI is InChI=1S/C21H20N8OS/c1-12-2-3-17(29-25-4-5-26-29)15(6-12)20(30)28-9-13-7-14(13)18(28)10-31-21-22-8-16-19(27-21)24-11-23-16/h2-6,8,11,13-14,18H,7,9-10H2,1H3,(H,22,23,24,27). The Morgan fingerprint density at radius 2 is 2.13 bits per heavy atom. The first-order chi connectivity index (χ1) is 15.2. The van der Waals surface area contributed by atoms with Crippen molar-refractivity contribution in [3.8, 4) is 5.69 Å². The largest absolute Gasteiger partial charge is 0.334 e. The van der Waals surface area contributed by atoms with Gasteiger partial charge in [-0.3, -0.25) is 4.79 Å². The number of nitrogens with one attached hydrogen (secondary N) is 1. The van der Waals surface area contributed by atoms with E-state index in [1.54, 1.807) is 36.7 Å². The number of hydrogen-bond donors (Lipinski definition) is 1. The Morgan fingerprint density at radius 1 is 1.26 bits per heavy atom. The zero-order chi connectivity index (χ0) is 20.9. The Kier molecular flexibility index (Phi) is 4.27. The van der Waals surface area contributed by atoms with Crippen LogP contribution in [0.15, 0.2) is 48.3 Å². The second-order valence-electron chi connectivity index (χ2n) is 8.12. The van der Waals surface area contributed by atoms with Crippen molar-refractivity contribution in [2.24, 2.45) is 11.8 Å². The number of aromatic amines is 1. The summed E-state index contributed by atoms with van der Waals surface area (Å²) in [5, 5.41) is 9.16. The first kappa shape index (κ1) is 18.5. The number of nitrogens with zero attached hydrogens (tertiary/aromatic N) is 7. The molecule has 0 radical (unpaired) electrons. The molecule has 4 aromatic rings. The molecule has 1 amide bonds. The van der Waals surface area contributed by atoms with Gasteiger partial charge in [0.2, 0.25) is 0 Å². The van der Waals surface area contributed by atoms with Gasteiger partial charge in [-0.1, -0.05) is 23.4 Å². The Morgan fingerprint density at radius 3 is 3.00 bits per heavy atom. The minimum absolute atomic E-state index is 0.0405. The summed E-state index contributed by atoms with van der Waals surface area (Å²) >= 11 is 1.59. The number of amides is 1. The quantitative estimate of drug-likeness (QED) is 0.381. The van der Waals surface area contributed by atoms with Gasteiger partial charge < -0.3 is 9.88 Å². The zero-order valence-electron chi connectivity index (χ0n) is 16.8. The Labute approximate surface area is 182 Å². The molecule has 1 aliphatic carbocycles. The molecule has 1 N–H and O–H groups in total. The average Bonchev–Trinajstić information content (AvgIpc) is 3.19. The number of imidazole rings is 1. The van der Waals surface area contributed by atoms with Gasteiger partial charge in [0.25, 0.3) is 5.91 Å². The van der Waals surface area contributed by atoms with Crippen molar-refractivity contribution in [3.63, 3.8) is 0 Å². The van der Waals surface area contributed by atoms with Gasteiger partial charge in [0.05, 0.1) is 36.2 Å². The summed E-state index contributed by atoms with van der Waals surface area (Å²) in [4.78, 5) is 33.3. The molecule has 3 aromatic heterocycles. The maximum Gasteiger partial charge on any atom is 0.256 e. The number of carbonyl (C=O) groups is 1. The molecule has 3 atom stereocenters. The molecular weight excluding hydrogens is 412 g/mol. The van der Waals surface area contributed by atoms with Crippen LogP contribution in [0.4, 0.5) is 0 Å². The van der Waals surface area contributed by atoms with Crippen molar-refractivity contribution in [3.05, 3.63) is 54.2 Å². The minimum atomic E-state index is 0.0405. The fourth-order valence-electron chi connectivity index (χ4n) is 4.46. The smallest absolute Gasteiger partial charge is 0.256 e. The molecule has 10 heteroatoms. The fourth-order valence-corrected chi connectivity index (χ4v) is 5.49. The van der Waals surface area contributed by atoms with Crippen LogP contribution >= 0.6 is 11.8 Å². The van der Waals surface area contributed by atoms with Gasteiger partial charge in [-0.2, -0.15) is 15.0 Å². The summed E-state index contributed by atoms with van der Waals surface area (Å²) < 4.78 is 0. The lowest BCUT2D eigenvalue weighted by Crippen LogP contribution is -2.40. The van der Waals surface area contributed by atoms with E-state index in [0.717, 1.165) is 29.0 Å². The van der Waals surface area contributed by atoms with Crippen molar-refractivity contribution >= 4 is 28.8 Å². The molecule has 0 bridgehead atoms. The van der Waals surface area contributed by atoms with Gasteiger partial charge in [0.1, 0.15) is 5.52 Å². The summed E-state index contributed by atoms with van der Waals surface area (Å²) in [6, 6.07) is 6.00. The number of H-pyrrole nitrogens is 1. The highest BCUT2D eigenvalue weighted by Gasteiger charge is 2.54. The van der Waals surface area contributed by atoms with Crippen molar-refractivity contribution in [1.29, 1.82) is 0 Å². The van der Waals surface area contributed by atoms with E-state index in [-0.39, 0.29) is 11.9 Å². The summed E-state index contributed by atoms with van der Waals surface area (Å²) in [5.41, 5.74) is 3.87. The van der Waals surface area contributed by atoms with E-state index in [4.69, 9.17) is 0 Å². The molecule has 0 spiro atoms. The fraction of sp³-hybridized carbons (Fsp3) is 0.333. The number of benzene rings is 1. The van der Waals surface area contributed by atoms with Gasteiger partial charge in [-0.15, -0.1) is 0 Å². The maximum absolute atomic E-state index is 13.6. The van der Waals surface area contributed by atoms with Gasteiger partial charge >= 0.3 is 0 Å². The number of thioether (sulfide) groups is 1. The molecule has 1 saturated carbocycles. The maximum atomic E-state index is 13.6. The SMILES string of the molecule is Cc1ccc(-n2nccn2)c(C(=O)N2CC3CC3C2CSc2ncc3nc[nH]c3n2)c1. The van der Waals surface area contributed by atoms with Gasteiger partial charge in [0.15, 0.2) is 10.8 Å². The van der Waals surface area contributed by atoms with Gasteiger partial charge in [0, 0.05) is 18.3 Å². The highest BCUT2D eigenvalue weighted by atomic mass is 32.2. The molecule has 1 aromatic carbocycles. The molecule has 9 nitrogen and oxygen atoms in total. The molecule has 31 heavy (non-hydrogen) atoms. The third kappa shape index (κ3) is 3.27.